The van der Waals surface area contributed by atoms with Gasteiger partial charge in [-0.3, -0.25) is 4.79 Å². The molecular weight excluding hydrogens is 326 g/mol. The molecule has 2 N–H and O–H groups in total. The zero-order chi connectivity index (χ0) is 17.9. The van der Waals surface area contributed by atoms with Crippen LogP contribution in [-0.4, -0.2) is 28.5 Å². The Morgan fingerprint density at radius 1 is 1.33 bits per heavy atom. The topological polar surface area (TPSA) is 84.1 Å². The van der Waals surface area contributed by atoms with E-state index >= 15 is 0 Å². The maximum atomic E-state index is 12.6. The van der Waals surface area contributed by atoms with Crippen molar-refractivity contribution >= 4 is 23.2 Å². The predicted octanol–water partition coefficient (Wildman–Crippen LogP) is 3.45. The second-order valence-corrected chi connectivity index (χ2v) is 6.50. The molecule has 2 rings (SSSR count). The molecule has 0 radical (unpaired) electrons. The largest absolute Gasteiger partial charge is 0.462 e. The second kappa shape index (κ2) is 7.61. The van der Waals surface area contributed by atoms with E-state index in [9.17, 15) is 9.59 Å². The first-order chi connectivity index (χ1) is 11.4. The second-order valence-electron chi connectivity index (χ2n) is 5.61. The lowest BCUT2D eigenvalue weighted by atomic mass is 10.1. The number of nitrogens with one attached hydrogen (secondary N) is 2. The Morgan fingerprint density at radius 3 is 2.58 bits per heavy atom. The summed E-state index contributed by atoms with van der Waals surface area (Å²) in [5.41, 5.74) is 3.00. The maximum Gasteiger partial charge on any atom is 0.340 e. The number of amides is 1. The summed E-state index contributed by atoms with van der Waals surface area (Å²) in [4.78, 5) is 32.1. The van der Waals surface area contributed by atoms with Crippen molar-refractivity contribution in [3.05, 3.63) is 38.6 Å². The Labute approximate surface area is 145 Å². The summed E-state index contributed by atoms with van der Waals surface area (Å²) >= 11 is 1.53. The average molecular weight is 349 g/mol. The first-order valence-corrected chi connectivity index (χ1v) is 8.86. The summed E-state index contributed by atoms with van der Waals surface area (Å²) in [6.45, 7) is 9.49. The van der Waals surface area contributed by atoms with Gasteiger partial charge in [0.15, 0.2) is 0 Å². The third-order valence-electron chi connectivity index (χ3n) is 3.79. The quantitative estimate of drug-likeness (QED) is 0.782. The molecular formula is C17H23N3O3S. The van der Waals surface area contributed by atoms with Crippen molar-refractivity contribution < 1.29 is 14.3 Å². The van der Waals surface area contributed by atoms with Gasteiger partial charge in [-0.05, 0) is 39.7 Å². The maximum absolute atomic E-state index is 12.6. The summed E-state index contributed by atoms with van der Waals surface area (Å²) in [7, 11) is 0. The van der Waals surface area contributed by atoms with E-state index in [2.05, 4.69) is 15.3 Å². The van der Waals surface area contributed by atoms with Crippen molar-refractivity contribution in [2.45, 2.75) is 47.1 Å². The molecule has 7 heteroatoms. The number of carbonyl (C=O) groups excluding carboxylic acids is 2. The number of aromatic amines is 1. The van der Waals surface area contributed by atoms with Crippen LogP contribution in [0.15, 0.2) is 5.38 Å². The van der Waals surface area contributed by atoms with Gasteiger partial charge < -0.3 is 15.0 Å². The van der Waals surface area contributed by atoms with E-state index < -0.39 is 5.97 Å². The number of H-pyrrole nitrogens is 1. The number of aromatic nitrogens is 2. The molecule has 2 aromatic heterocycles. The zero-order valence-corrected chi connectivity index (χ0v) is 15.5. The van der Waals surface area contributed by atoms with Crippen LogP contribution >= 0.6 is 11.3 Å². The molecule has 0 fully saturated rings. The highest BCUT2D eigenvalue weighted by Crippen LogP contribution is 2.23. The van der Waals surface area contributed by atoms with E-state index in [0.717, 1.165) is 17.1 Å². The highest BCUT2D eigenvalue weighted by Gasteiger charge is 2.25. The normalized spacial score (nSPS) is 12.0. The van der Waals surface area contributed by atoms with Crippen molar-refractivity contribution in [2.24, 2.45) is 0 Å². The van der Waals surface area contributed by atoms with E-state index in [1.165, 1.54) is 11.3 Å². The van der Waals surface area contributed by atoms with Crippen LogP contribution in [0.4, 0.5) is 0 Å². The molecule has 130 valence electrons. The van der Waals surface area contributed by atoms with Gasteiger partial charge in [0, 0.05) is 16.8 Å². The van der Waals surface area contributed by atoms with Gasteiger partial charge in [0.25, 0.3) is 5.91 Å². The highest BCUT2D eigenvalue weighted by atomic mass is 32.1. The fraction of sp³-hybridized carbons (Fsp3) is 0.471. The van der Waals surface area contributed by atoms with Gasteiger partial charge in [-0.15, -0.1) is 11.3 Å². The molecule has 1 amide bonds. The fourth-order valence-corrected chi connectivity index (χ4v) is 3.52. The van der Waals surface area contributed by atoms with Crippen LogP contribution in [0.25, 0.3) is 0 Å². The van der Waals surface area contributed by atoms with Crippen LogP contribution in [0.5, 0.6) is 0 Å². The van der Waals surface area contributed by atoms with E-state index in [1.807, 2.05) is 19.2 Å². The first kappa shape index (κ1) is 18.2. The van der Waals surface area contributed by atoms with E-state index in [4.69, 9.17) is 4.74 Å². The molecule has 0 saturated heterocycles. The first-order valence-electron chi connectivity index (χ1n) is 7.98. The van der Waals surface area contributed by atoms with Crippen molar-refractivity contribution in [1.29, 1.82) is 0 Å². The number of hydrogen-bond acceptors (Lipinski definition) is 5. The predicted molar refractivity (Wildman–Crippen MR) is 93.6 cm³/mol. The van der Waals surface area contributed by atoms with Crippen LogP contribution in [0.2, 0.25) is 0 Å². The van der Waals surface area contributed by atoms with Crippen LogP contribution in [0, 0.1) is 20.8 Å². The number of carbonyl (C=O) groups is 2. The lowest BCUT2D eigenvalue weighted by Gasteiger charge is -2.14. The molecule has 0 aliphatic carbocycles. The SMILES string of the molecule is CCOC(=O)c1c(C)[nH]c(C(=O)NC(CC)c2nc(C)cs2)c1C. The van der Waals surface area contributed by atoms with Crippen molar-refractivity contribution in [2.75, 3.05) is 6.61 Å². The Balaban J connectivity index is 2.23. The third-order valence-corrected chi connectivity index (χ3v) is 4.87. The van der Waals surface area contributed by atoms with Gasteiger partial charge in [0.1, 0.15) is 10.7 Å². The molecule has 1 unspecified atom stereocenters. The van der Waals surface area contributed by atoms with Gasteiger partial charge >= 0.3 is 5.97 Å². The molecule has 0 aliphatic rings. The van der Waals surface area contributed by atoms with Crippen LogP contribution < -0.4 is 5.32 Å². The number of esters is 1. The number of hydrogen-bond donors (Lipinski definition) is 2. The molecule has 0 aromatic carbocycles. The number of aryl methyl sites for hydroxylation is 2. The smallest absolute Gasteiger partial charge is 0.340 e. The summed E-state index contributed by atoms with van der Waals surface area (Å²) in [6.07, 6.45) is 0.738. The van der Waals surface area contributed by atoms with Gasteiger partial charge in [-0.1, -0.05) is 6.92 Å². The molecule has 0 bridgehead atoms. The molecule has 0 aliphatic heterocycles. The molecule has 2 aromatic rings. The molecule has 2 heterocycles. The van der Waals surface area contributed by atoms with E-state index in [1.54, 1.807) is 20.8 Å². The van der Waals surface area contributed by atoms with Gasteiger partial charge in [-0.2, -0.15) is 0 Å². The molecule has 1 atom stereocenters. The van der Waals surface area contributed by atoms with Crippen LogP contribution in [0.1, 0.15) is 69.1 Å². The van der Waals surface area contributed by atoms with Crippen LogP contribution in [0.3, 0.4) is 0 Å². The van der Waals surface area contributed by atoms with E-state index in [-0.39, 0.29) is 11.9 Å². The Hall–Kier alpha value is -2.15. The molecule has 0 spiro atoms. The molecule has 0 saturated carbocycles. The molecule has 24 heavy (non-hydrogen) atoms. The lowest BCUT2D eigenvalue weighted by molar-refractivity contribution is 0.0525. The summed E-state index contributed by atoms with van der Waals surface area (Å²) in [6, 6.07) is -0.148. The minimum absolute atomic E-state index is 0.148. The van der Waals surface area contributed by atoms with Gasteiger partial charge in [0.05, 0.1) is 18.2 Å². The Bertz CT molecular complexity index is 748. The third kappa shape index (κ3) is 3.67. The summed E-state index contributed by atoms with van der Waals surface area (Å²) in [5, 5.41) is 5.84. The molecule has 6 nitrogen and oxygen atoms in total. The van der Waals surface area contributed by atoms with Crippen molar-refractivity contribution in [1.82, 2.24) is 15.3 Å². The monoisotopic (exact) mass is 349 g/mol. The van der Waals surface area contributed by atoms with Gasteiger partial charge in [0.2, 0.25) is 0 Å². The van der Waals surface area contributed by atoms with Crippen LogP contribution in [-0.2, 0) is 4.74 Å². The zero-order valence-electron chi connectivity index (χ0n) is 14.6. The fourth-order valence-electron chi connectivity index (χ4n) is 2.59. The number of ether oxygens (including phenoxy) is 1. The van der Waals surface area contributed by atoms with Crippen molar-refractivity contribution in [3.8, 4) is 0 Å². The minimum atomic E-state index is -0.412. The minimum Gasteiger partial charge on any atom is -0.462 e. The number of nitrogens with zero attached hydrogens (tertiary/aromatic N) is 1. The summed E-state index contributed by atoms with van der Waals surface area (Å²) in [5.74, 6) is -0.656. The number of rotatable bonds is 6. The van der Waals surface area contributed by atoms with E-state index in [0.29, 0.717) is 29.1 Å². The Kier molecular flexibility index (Phi) is 5.77. The highest BCUT2D eigenvalue weighted by molar-refractivity contribution is 7.09. The lowest BCUT2D eigenvalue weighted by Crippen LogP contribution is -2.29. The summed E-state index contributed by atoms with van der Waals surface area (Å²) < 4.78 is 5.06. The average Bonchev–Trinajstić information content (AvgIpc) is 3.08. The Morgan fingerprint density at radius 2 is 2.04 bits per heavy atom. The number of thiazole rings is 1. The van der Waals surface area contributed by atoms with Gasteiger partial charge in [-0.25, -0.2) is 9.78 Å². The standard InChI is InChI=1S/C17H23N3O3S/c1-6-12(16-18-9(3)8-24-16)20-15(21)14-10(4)13(11(5)19-14)17(22)23-7-2/h8,12,19H,6-7H2,1-5H3,(H,20,21). The van der Waals surface area contributed by atoms with Crippen molar-refractivity contribution in [3.63, 3.8) is 0 Å².